The number of nitrogens with zero attached hydrogens (tertiary/aromatic N) is 9. The fourth-order valence-corrected chi connectivity index (χ4v) is 5.48. The molecule has 0 spiro atoms. The molecule has 254 valence electrons. The summed E-state index contributed by atoms with van der Waals surface area (Å²) in [5.74, 6) is -0.301. The molecule has 2 aliphatic carbocycles. The van der Waals surface area contributed by atoms with Crippen molar-refractivity contribution >= 4 is 39.4 Å². The van der Waals surface area contributed by atoms with Gasteiger partial charge < -0.3 is 9.13 Å². The van der Waals surface area contributed by atoms with Crippen molar-refractivity contribution in [3.63, 3.8) is 0 Å². The Bertz CT molecular complexity index is 2200. The van der Waals surface area contributed by atoms with Crippen LogP contribution in [0.15, 0.2) is 48.8 Å². The maximum atomic E-state index is 13.9. The Morgan fingerprint density at radius 1 is 0.694 bits per heavy atom. The Morgan fingerprint density at radius 3 is 1.57 bits per heavy atom. The summed E-state index contributed by atoms with van der Waals surface area (Å²) >= 11 is 5.87. The fourth-order valence-electron chi connectivity index (χ4n) is 5.32. The van der Waals surface area contributed by atoms with Crippen LogP contribution in [0.4, 0.5) is 32.0 Å². The van der Waals surface area contributed by atoms with Crippen LogP contribution in [-0.2, 0) is 0 Å². The maximum Gasteiger partial charge on any atom is 0.282 e. The molecule has 0 amide bonds. The summed E-state index contributed by atoms with van der Waals surface area (Å²) in [7, 11) is 0. The zero-order valence-electron chi connectivity index (χ0n) is 23.9. The van der Waals surface area contributed by atoms with E-state index >= 15 is 0 Å². The Kier molecular flexibility index (Phi) is 9.91. The van der Waals surface area contributed by atoms with Crippen LogP contribution in [-0.4, -0.2) is 39.5 Å². The smallest absolute Gasteiger partial charge is 0.282 e. The summed E-state index contributed by atoms with van der Waals surface area (Å²) < 4.78 is 82.8. The number of alkyl halides is 4. The highest BCUT2D eigenvalue weighted by molar-refractivity contribution is 6.31. The Labute approximate surface area is 281 Å². The van der Waals surface area contributed by atoms with Crippen molar-refractivity contribution in [1.29, 1.82) is 0 Å². The fraction of sp³-hybridized carbons (Fsp3) is 0.303. The quantitative estimate of drug-likeness (QED) is 0.127. The van der Waals surface area contributed by atoms with E-state index in [1.165, 1.54) is 48.8 Å². The number of benzene rings is 2. The molecule has 0 aliphatic heterocycles. The van der Waals surface area contributed by atoms with Crippen molar-refractivity contribution in [2.75, 3.05) is 0 Å². The van der Waals surface area contributed by atoms with Gasteiger partial charge >= 0.3 is 0 Å². The van der Waals surface area contributed by atoms with Crippen LogP contribution in [0.3, 0.4) is 0 Å². The minimum atomic E-state index is -2.73. The number of aromatic nitrogens is 8. The first-order valence-corrected chi connectivity index (χ1v) is 14.7. The molecule has 0 atom stereocenters. The lowest BCUT2D eigenvalue weighted by Crippen LogP contribution is -2.00. The molecule has 8 rings (SSSR count). The molecular formula is C33H28ClF6N9. The van der Waals surface area contributed by atoms with Crippen molar-refractivity contribution in [1.82, 2.24) is 39.5 Å². The molecule has 9 nitrogen and oxygen atoms in total. The molecule has 16 heteroatoms. The highest BCUT2D eigenvalue weighted by Gasteiger charge is 2.31. The molecule has 0 saturated heterocycles. The van der Waals surface area contributed by atoms with Crippen molar-refractivity contribution in [2.24, 2.45) is 0 Å². The lowest BCUT2D eigenvalue weighted by atomic mass is 10.2. The molecule has 2 aliphatic rings. The normalized spacial score (nSPS) is 14.0. The third-order valence-electron chi connectivity index (χ3n) is 7.74. The van der Waals surface area contributed by atoms with E-state index < -0.39 is 35.9 Å². The minimum Gasteiger partial charge on any atom is -0.322 e. The molecule has 4 aromatic heterocycles. The number of halogens is 7. The summed E-state index contributed by atoms with van der Waals surface area (Å²) in [5.41, 5.74) is 2.01. The number of hydrogen-bond donors (Lipinski definition) is 0. The number of imidazole rings is 2. The third kappa shape index (κ3) is 6.78. The van der Waals surface area contributed by atoms with Crippen molar-refractivity contribution in [3.05, 3.63) is 88.3 Å². The van der Waals surface area contributed by atoms with Gasteiger partial charge in [-0.15, -0.1) is 10.2 Å². The molecule has 0 radical (unpaired) electrons. The van der Waals surface area contributed by atoms with E-state index in [-0.39, 0.29) is 37.6 Å². The van der Waals surface area contributed by atoms with Gasteiger partial charge in [0.15, 0.2) is 0 Å². The van der Waals surface area contributed by atoms with Gasteiger partial charge in [0.05, 0.1) is 46.1 Å². The molecule has 0 unspecified atom stereocenters. The molecule has 2 aromatic carbocycles. The molecule has 4 heterocycles. The van der Waals surface area contributed by atoms with Gasteiger partial charge in [-0.25, -0.2) is 41.2 Å². The van der Waals surface area contributed by atoms with E-state index in [4.69, 9.17) is 18.2 Å². The van der Waals surface area contributed by atoms with Crippen LogP contribution in [0.5, 0.6) is 0 Å². The van der Waals surface area contributed by atoms with Crippen LogP contribution in [0.2, 0.25) is 5.02 Å². The summed E-state index contributed by atoms with van der Waals surface area (Å²) in [6, 6.07) is 8.30. The summed E-state index contributed by atoms with van der Waals surface area (Å²) in [6.45, 7) is 7.05. The molecule has 2 fully saturated rings. The lowest BCUT2D eigenvalue weighted by Gasteiger charge is -2.08. The maximum absolute atomic E-state index is 13.9. The van der Waals surface area contributed by atoms with E-state index in [2.05, 4.69) is 35.2 Å². The monoisotopic (exact) mass is 699 g/mol. The van der Waals surface area contributed by atoms with Gasteiger partial charge in [0.2, 0.25) is 5.69 Å². The predicted molar refractivity (Wildman–Crippen MR) is 173 cm³/mol. The van der Waals surface area contributed by atoms with Gasteiger partial charge in [0.25, 0.3) is 12.9 Å². The topological polar surface area (TPSA) is 91.6 Å². The molecular weight excluding hydrogens is 672 g/mol. The Hall–Kier alpha value is -5.10. The van der Waals surface area contributed by atoms with Crippen LogP contribution in [0.1, 0.15) is 76.9 Å². The van der Waals surface area contributed by atoms with Crippen molar-refractivity contribution < 1.29 is 26.3 Å². The number of hydrogen-bond acceptors (Lipinski definition) is 6. The van der Waals surface area contributed by atoms with Gasteiger partial charge in [0, 0.05) is 29.3 Å². The molecule has 0 N–H and O–H groups in total. The van der Waals surface area contributed by atoms with Gasteiger partial charge in [-0.05, 0) is 56.0 Å². The van der Waals surface area contributed by atoms with Gasteiger partial charge in [-0.3, -0.25) is 0 Å². The Balaban J connectivity index is 0.000000184. The SMILES string of the molecule is C.C.Fc1cc2nc(-c3cnnc(C(F)F)c3)n(C3CC3)c2cc1Cl.[C-]#[N+]c1cc2c(cc1F)nc(-c1cnnc(C(F)F)c1)n2C1CC1. The van der Waals surface area contributed by atoms with Crippen LogP contribution in [0, 0.1) is 18.2 Å². The highest BCUT2D eigenvalue weighted by atomic mass is 35.5. The third-order valence-corrected chi connectivity index (χ3v) is 8.03. The van der Waals surface area contributed by atoms with Gasteiger partial charge in [0.1, 0.15) is 34.7 Å². The van der Waals surface area contributed by atoms with Gasteiger partial charge in [-0.1, -0.05) is 26.5 Å². The molecule has 2 saturated carbocycles. The number of fused-ring (bicyclic) bond motifs is 2. The summed E-state index contributed by atoms with van der Waals surface area (Å²) in [5, 5.41) is 14.1. The lowest BCUT2D eigenvalue weighted by molar-refractivity contribution is 0.144. The van der Waals surface area contributed by atoms with E-state index in [1.54, 1.807) is 0 Å². The van der Waals surface area contributed by atoms with E-state index in [9.17, 15) is 26.3 Å². The van der Waals surface area contributed by atoms with Crippen LogP contribution >= 0.6 is 11.6 Å². The molecule has 49 heavy (non-hydrogen) atoms. The van der Waals surface area contributed by atoms with E-state index in [0.29, 0.717) is 44.8 Å². The predicted octanol–water partition coefficient (Wildman–Crippen LogP) is 10.3. The standard InChI is InChI=1S/C16H10F3N5.C15H10ClF3N4.2CH4/c1-20-11-6-14-12(5-10(11)17)22-16(24(14)9-2-3-9)8-4-13(15(18)19)23-21-7-8;16-9-4-13-11(5-10(9)17)21-15(23(13)8-1-2-8)7-3-12(14(18)19)22-20-6-7;;/h4-7,9,15H,2-3H2;3-6,8,14H,1-2H2;2*1H4. The van der Waals surface area contributed by atoms with Crippen molar-refractivity contribution in [2.45, 2.75) is 65.5 Å². The van der Waals surface area contributed by atoms with Crippen LogP contribution < -0.4 is 0 Å². The largest absolute Gasteiger partial charge is 0.322 e. The highest BCUT2D eigenvalue weighted by Crippen LogP contribution is 2.43. The number of rotatable bonds is 6. The average Bonchev–Trinajstić information content (AvgIpc) is 4.01. The average molecular weight is 700 g/mol. The Morgan fingerprint density at radius 2 is 1.14 bits per heavy atom. The van der Waals surface area contributed by atoms with Crippen molar-refractivity contribution in [3.8, 4) is 22.8 Å². The van der Waals surface area contributed by atoms with Gasteiger partial charge in [-0.2, -0.15) is 10.2 Å². The molecule has 0 bridgehead atoms. The van der Waals surface area contributed by atoms with E-state index in [0.717, 1.165) is 25.7 Å². The second-order valence-corrected chi connectivity index (χ2v) is 11.5. The second-order valence-electron chi connectivity index (χ2n) is 11.1. The van der Waals surface area contributed by atoms with Crippen LogP contribution in [0.25, 0.3) is 49.7 Å². The minimum absolute atomic E-state index is 0. The summed E-state index contributed by atoms with van der Waals surface area (Å²) in [6.07, 6.45) is 1.03. The summed E-state index contributed by atoms with van der Waals surface area (Å²) in [4.78, 5) is 12.0. The zero-order chi connectivity index (χ0) is 33.0. The van der Waals surface area contributed by atoms with E-state index in [1.807, 2.05) is 9.13 Å². The zero-order valence-corrected chi connectivity index (χ0v) is 24.7. The first kappa shape index (κ1) is 35.2. The molecule has 6 aromatic rings. The second kappa shape index (κ2) is 13.8. The first-order valence-electron chi connectivity index (χ1n) is 14.3. The first-order chi connectivity index (χ1) is 22.6.